The lowest BCUT2D eigenvalue weighted by molar-refractivity contribution is 0.968. The van der Waals surface area contributed by atoms with Crippen molar-refractivity contribution < 1.29 is 0 Å². The first-order chi connectivity index (χ1) is 10.8. The fourth-order valence-corrected chi connectivity index (χ4v) is 3.32. The van der Waals surface area contributed by atoms with Crippen LogP contribution < -0.4 is 5.73 Å². The molecule has 0 aliphatic carbocycles. The molecule has 0 aliphatic rings. The number of aromatic nitrogens is 4. The van der Waals surface area contributed by atoms with Gasteiger partial charge < -0.3 is 10.7 Å². The van der Waals surface area contributed by atoms with Crippen molar-refractivity contribution in [2.45, 2.75) is 9.37 Å². The van der Waals surface area contributed by atoms with Gasteiger partial charge in [0.1, 0.15) is 0 Å². The summed E-state index contributed by atoms with van der Waals surface area (Å²) in [6.07, 6.45) is 7.09. The minimum absolute atomic E-state index is 0.568. The Bertz CT molecular complexity index is 811. The molecule has 0 aliphatic heterocycles. The molecule has 0 radical (unpaired) electrons. The van der Waals surface area contributed by atoms with E-state index in [1.807, 2.05) is 18.3 Å². The van der Waals surface area contributed by atoms with Crippen molar-refractivity contribution in [3.05, 3.63) is 61.2 Å². The van der Waals surface area contributed by atoms with Gasteiger partial charge >= 0.3 is 0 Å². The highest BCUT2D eigenvalue weighted by molar-refractivity contribution is 8.01. The third-order valence-electron chi connectivity index (χ3n) is 2.70. The van der Waals surface area contributed by atoms with Crippen molar-refractivity contribution in [3.8, 4) is 0 Å². The second-order valence-corrected chi connectivity index (χ2v) is 6.55. The van der Waals surface area contributed by atoms with Crippen LogP contribution in [0.15, 0.2) is 70.6 Å². The minimum atomic E-state index is 0.568. The number of nitrogens with two attached hydrogens (primary N) is 1. The number of thiazole rings is 1. The molecular formula is C15H13N5S2. The molecule has 4 rings (SSSR count). The van der Waals surface area contributed by atoms with E-state index in [0.29, 0.717) is 10.3 Å². The molecule has 0 bridgehead atoms. The monoisotopic (exact) mass is 327 g/mol. The van der Waals surface area contributed by atoms with Crippen LogP contribution in [0.3, 0.4) is 0 Å². The number of aromatic amines is 1. The maximum Gasteiger partial charge on any atom is 0.193 e. The Morgan fingerprint density at radius 2 is 1.82 bits per heavy atom. The Morgan fingerprint density at radius 3 is 2.55 bits per heavy atom. The summed E-state index contributed by atoms with van der Waals surface area (Å²) in [6, 6.07) is 12.1. The molecule has 1 aromatic carbocycles. The quantitative estimate of drug-likeness (QED) is 0.547. The van der Waals surface area contributed by atoms with Crippen molar-refractivity contribution in [1.29, 1.82) is 0 Å². The zero-order chi connectivity index (χ0) is 15.2. The van der Waals surface area contributed by atoms with Gasteiger partial charge in [0.25, 0.3) is 0 Å². The van der Waals surface area contributed by atoms with E-state index in [-0.39, 0.29) is 0 Å². The van der Waals surface area contributed by atoms with Crippen LogP contribution in [0.2, 0.25) is 0 Å². The number of anilines is 1. The Labute approximate surface area is 135 Å². The van der Waals surface area contributed by atoms with E-state index in [1.54, 1.807) is 24.7 Å². The fourth-order valence-electron chi connectivity index (χ4n) is 1.74. The zero-order valence-electron chi connectivity index (χ0n) is 11.5. The van der Waals surface area contributed by atoms with Crippen molar-refractivity contribution in [2.24, 2.45) is 0 Å². The molecule has 5 nitrogen and oxygen atoms in total. The average molecular weight is 327 g/mol. The van der Waals surface area contributed by atoms with E-state index in [0.717, 1.165) is 4.21 Å². The zero-order valence-corrected chi connectivity index (χ0v) is 13.1. The van der Waals surface area contributed by atoms with Crippen LogP contribution in [0.25, 0.3) is 10.9 Å². The van der Waals surface area contributed by atoms with Crippen LogP contribution in [-0.2, 0) is 0 Å². The predicted octanol–water partition coefficient (Wildman–Crippen LogP) is 3.83. The SMILES string of the molecule is Nc1ncc(Sc2ncccn2)s1.c1ccc2[nH]ccc2c1. The number of nitrogens with one attached hydrogen (secondary N) is 1. The summed E-state index contributed by atoms with van der Waals surface area (Å²) >= 11 is 2.89. The summed E-state index contributed by atoms with van der Waals surface area (Å²) < 4.78 is 1.00. The number of fused-ring (bicyclic) bond motifs is 1. The van der Waals surface area contributed by atoms with E-state index in [9.17, 15) is 0 Å². The summed E-state index contributed by atoms with van der Waals surface area (Å²) in [5.41, 5.74) is 6.69. The van der Waals surface area contributed by atoms with E-state index in [1.165, 1.54) is 34.0 Å². The topological polar surface area (TPSA) is 80.5 Å². The van der Waals surface area contributed by atoms with Crippen LogP contribution >= 0.6 is 23.1 Å². The fraction of sp³-hybridized carbons (Fsp3) is 0. The number of nitrogen functional groups attached to an aromatic ring is 1. The third-order valence-corrected chi connectivity index (χ3v) is 4.52. The molecule has 3 aromatic heterocycles. The number of benzene rings is 1. The second-order valence-electron chi connectivity index (χ2n) is 4.22. The summed E-state index contributed by atoms with van der Waals surface area (Å²) in [7, 11) is 0. The van der Waals surface area contributed by atoms with E-state index < -0.39 is 0 Å². The van der Waals surface area contributed by atoms with Crippen LogP contribution in [0.1, 0.15) is 0 Å². The van der Waals surface area contributed by atoms with Gasteiger partial charge in [-0.1, -0.05) is 29.5 Å². The minimum Gasteiger partial charge on any atom is -0.375 e. The number of nitrogens with zero attached hydrogens (tertiary/aromatic N) is 3. The molecule has 0 amide bonds. The molecular weight excluding hydrogens is 314 g/mol. The summed E-state index contributed by atoms with van der Waals surface area (Å²) in [5, 5.41) is 2.56. The lowest BCUT2D eigenvalue weighted by Gasteiger charge is -1.92. The highest BCUT2D eigenvalue weighted by Crippen LogP contribution is 2.30. The first-order valence-electron chi connectivity index (χ1n) is 6.49. The largest absolute Gasteiger partial charge is 0.375 e. The molecule has 3 N–H and O–H groups in total. The van der Waals surface area contributed by atoms with Crippen molar-refractivity contribution in [2.75, 3.05) is 5.73 Å². The van der Waals surface area contributed by atoms with E-state index in [4.69, 9.17) is 5.73 Å². The summed E-state index contributed by atoms with van der Waals surface area (Å²) in [6.45, 7) is 0. The molecule has 4 aromatic rings. The third kappa shape index (κ3) is 3.84. The average Bonchev–Trinajstić information content (AvgIpc) is 3.18. The first-order valence-corrected chi connectivity index (χ1v) is 8.13. The highest BCUT2D eigenvalue weighted by Gasteiger charge is 2.02. The normalized spacial score (nSPS) is 10.2. The molecule has 0 atom stereocenters. The Balaban J connectivity index is 0.000000139. The number of H-pyrrole nitrogens is 1. The molecule has 0 fully saturated rings. The Kier molecular flexibility index (Phi) is 4.67. The molecule has 0 saturated carbocycles. The first kappa shape index (κ1) is 14.6. The number of hydrogen-bond donors (Lipinski definition) is 2. The molecule has 110 valence electrons. The van der Waals surface area contributed by atoms with Gasteiger partial charge in [-0.25, -0.2) is 15.0 Å². The molecule has 3 heterocycles. The second kappa shape index (κ2) is 7.06. The van der Waals surface area contributed by atoms with Crippen molar-refractivity contribution >= 4 is 39.1 Å². The van der Waals surface area contributed by atoms with Gasteiger partial charge in [-0.05, 0) is 35.3 Å². The standard InChI is InChI=1S/C8H7N.C7H6N4S2/c1-2-4-8-7(3-1)5-6-9-8;8-6-11-4-5(12-6)13-7-9-2-1-3-10-7/h1-6,9H;1-4H,(H2,8,11). The molecule has 22 heavy (non-hydrogen) atoms. The van der Waals surface area contributed by atoms with Crippen molar-refractivity contribution in [3.63, 3.8) is 0 Å². The van der Waals surface area contributed by atoms with Gasteiger partial charge in [0, 0.05) is 24.1 Å². The van der Waals surface area contributed by atoms with Gasteiger partial charge in [0.15, 0.2) is 10.3 Å². The lowest BCUT2D eigenvalue weighted by Crippen LogP contribution is -1.80. The Morgan fingerprint density at radius 1 is 1.00 bits per heavy atom. The van der Waals surface area contributed by atoms with Crippen LogP contribution in [0.4, 0.5) is 5.13 Å². The van der Waals surface area contributed by atoms with Crippen LogP contribution in [0.5, 0.6) is 0 Å². The molecule has 7 heteroatoms. The molecule has 0 saturated heterocycles. The predicted molar refractivity (Wildman–Crippen MR) is 91.0 cm³/mol. The smallest absolute Gasteiger partial charge is 0.193 e. The maximum atomic E-state index is 5.49. The van der Waals surface area contributed by atoms with Gasteiger partial charge in [-0.15, -0.1) is 0 Å². The summed E-state index contributed by atoms with van der Waals surface area (Å²) in [4.78, 5) is 15.2. The molecule has 0 spiro atoms. The van der Waals surface area contributed by atoms with Gasteiger partial charge in [-0.2, -0.15) is 0 Å². The molecule has 0 unspecified atom stereocenters. The lowest BCUT2D eigenvalue weighted by atomic mass is 10.3. The number of hydrogen-bond acceptors (Lipinski definition) is 6. The number of rotatable bonds is 2. The van der Waals surface area contributed by atoms with Gasteiger partial charge in [0.05, 0.1) is 10.4 Å². The van der Waals surface area contributed by atoms with Crippen LogP contribution in [0, 0.1) is 0 Å². The Hall–Kier alpha value is -2.38. The maximum absolute atomic E-state index is 5.49. The van der Waals surface area contributed by atoms with Gasteiger partial charge in [-0.3, -0.25) is 0 Å². The summed E-state index contributed by atoms with van der Waals surface area (Å²) in [5.74, 6) is 0. The highest BCUT2D eigenvalue weighted by atomic mass is 32.2. The van der Waals surface area contributed by atoms with Crippen LogP contribution in [-0.4, -0.2) is 19.9 Å². The van der Waals surface area contributed by atoms with E-state index >= 15 is 0 Å². The number of para-hydroxylation sites is 1. The van der Waals surface area contributed by atoms with E-state index in [2.05, 4.69) is 38.1 Å². The van der Waals surface area contributed by atoms with Crippen molar-refractivity contribution in [1.82, 2.24) is 19.9 Å². The van der Waals surface area contributed by atoms with Gasteiger partial charge in [0.2, 0.25) is 0 Å².